The number of rotatable bonds is 8. The van der Waals surface area contributed by atoms with Crippen LogP contribution in [0.4, 0.5) is 0 Å². The zero-order chi connectivity index (χ0) is 17.1. The van der Waals surface area contributed by atoms with Crippen LogP contribution < -0.4 is 0 Å². The fourth-order valence-electron chi connectivity index (χ4n) is 2.95. The van der Waals surface area contributed by atoms with E-state index in [-0.39, 0.29) is 18.5 Å². The van der Waals surface area contributed by atoms with Crippen LogP contribution in [0.1, 0.15) is 50.1 Å². The van der Waals surface area contributed by atoms with Crippen molar-refractivity contribution in [2.24, 2.45) is 5.92 Å². The van der Waals surface area contributed by atoms with Crippen molar-refractivity contribution in [1.29, 1.82) is 0 Å². The molecular formula is C17H27N3O3. The van der Waals surface area contributed by atoms with Crippen molar-refractivity contribution in [3.05, 3.63) is 17.0 Å². The van der Waals surface area contributed by atoms with Gasteiger partial charge in [0.15, 0.2) is 0 Å². The van der Waals surface area contributed by atoms with Crippen LogP contribution in [0, 0.1) is 19.8 Å². The highest BCUT2D eigenvalue weighted by Gasteiger charge is 2.33. The van der Waals surface area contributed by atoms with Crippen molar-refractivity contribution in [1.82, 2.24) is 14.7 Å². The molecule has 6 heteroatoms. The highest BCUT2D eigenvalue weighted by atomic mass is 16.4. The van der Waals surface area contributed by atoms with Crippen molar-refractivity contribution in [3.8, 4) is 0 Å². The molecule has 1 aliphatic carbocycles. The van der Waals surface area contributed by atoms with Gasteiger partial charge in [-0.15, -0.1) is 0 Å². The maximum absolute atomic E-state index is 12.4. The van der Waals surface area contributed by atoms with Crippen molar-refractivity contribution >= 4 is 11.9 Å². The van der Waals surface area contributed by atoms with Gasteiger partial charge in [-0.1, -0.05) is 13.8 Å². The maximum Gasteiger partial charge on any atom is 0.323 e. The lowest BCUT2D eigenvalue weighted by Crippen LogP contribution is -2.37. The SMILES string of the molecule is Cc1nn(CC(C)C)c(C)c1CCC(=O)N(CC(=O)O)C1CC1. The molecule has 1 aromatic heterocycles. The van der Waals surface area contributed by atoms with Gasteiger partial charge in [-0.25, -0.2) is 0 Å². The summed E-state index contributed by atoms with van der Waals surface area (Å²) >= 11 is 0. The number of hydrogen-bond acceptors (Lipinski definition) is 3. The number of aryl methyl sites for hydroxylation is 1. The molecule has 1 aromatic rings. The predicted octanol–water partition coefficient (Wildman–Crippen LogP) is 2.16. The molecule has 1 fully saturated rings. The number of carbonyl (C=O) groups is 2. The Hall–Kier alpha value is -1.85. The largest absolute Gasteiger partial charge is 0.480 e. The van der Waals surface area contributed by atoms with Crippen LogP contribution in [-0.4, -0.2) is 44.3 Å². The summed E-state index contributed by atoms with van der Waals surface area (Å²) in [7, 11) is 0. The molecule has 0 radical (unpaired) electrons. The Kier molecular flexibility index (Phi) is 5.44. The topological polar surface area (TPSA) is 75.4 Å². The molecule has 6 nitrogen and oxygen atoms in total. The highest BCUT2D eigenvalue weighted by molar-refractivity contribution is 5.82. The van der Waals surface area contributed by atoms with Gasteiger partial charge in [0, 0.05) is 24.7 Å². The zero-order valence-corrected chi connectivity index (χ0v) is 14.5. The van der Waals surface area contributed by atoms with Gasteiger partial charge in [0.2, 0.25) is 5.91 Å². The second-order valence-electron chi connectivity index (χ2n) is 6.87. The van der Waals surface area contributed by atoms with Crippen molar-refractivity contribution < 1.29 is 14.7 Å². The fourth-order valence-corrected chi connectivity index (χ4v) is 2.95. The maximum atomic E-state index is 12.4. The lowest BCUT2D eigenvalue weighted by molar-refractivity contribution is -0.144. The first-order valence-electron chi connectivity index (χ1n) is 8.33. The molecule has 1 heterocycles. The molecule has 0 aromatic carbocycles. The number of amides is 1. The fraction of sp³-hybridized carbons (Fsp3) is 0.706. The monoisotopic (exact) mass is 321 g/mol. The average Bonchev–Trinajstić information content (AvgIpc) is 3.23. The Bertz CT molecular complexity index is 588. The molecule has 2 rings (SSSR count). The van der Waals surface area contributed by atoms with E-state index in [0.29, 0.717) is 18.8 Å². The molecule has 1 saturated carbocycles. The molecule has 0 spiro atoms. The van der Waals surface area contributed by atoms with Crippen LogP contribution in [0.15, 0.2) is 0 Å². The van der Waals surface area contributed by atoms with Crippen LogP contribution in [0.2, 0.25) is 0 Å². The van der Waals surface area contributed by atoms with E-state index in [2.05, 4.69) is 18.9 Å². The van der Waals surface area contributed by atoms with Gasteiger partial charge >= 0.3 is 5.97 Å². The lowest BCUT2D eigenvalue weighted by atomic mass is 10.1. The molecule has 23 heavy (non-hydrogen) atoms. The molecular weight excluding hydrogens is 294 g/mol. The van der Waals surface area contributed by atoms with Gasteiger partial charge in [0.25, 0.3) is 0 Å². The molecule has 128 valence electrons. The van der Waals surface area contributed by atoms with Gasteiger partial charge < -0.3 is 10.0 Å². The molecule has 0 atom stereocenters. The normalized spacial score (nSPS) is 14.3. The van der Waals surface area contributed by atoms with Crippen LogP contribution in [0.5, 0.6) is 0 Å². The van der Waals surface area contributed by atoms with Crippen LogP contribution in [0.3, 0.4) is 0 Å². The number of aliphatic carboxylic acids is 1. The summed E-state index contributed by atoms with van der Waals surface area (Å²) in [6.45, 7) is 9.00. The first-order chi connectivity index (χ1) is 10.8. The minimum absolute atomic E-state index is 0.0645. The first kappa shape index (κ1) is 17.5. The first-order valence-corrected chi connectivity index (χ1v) is 8.33. The van der Waals surface area contributed by atoms with E-state index in [1.165, 1.54) is 4.90 Å². The van der Waals surface area contributed by atoms with Gasteiger partial charge in [0.1, 0.15) is 6.54 Å². The Balaban J connectivity index is 2.00. The third-order valence-corrected chi connectivity index (χ3v) is 4.27. The Morgan fingerprint density at radius 1 is 1.35 bits per heavy atom. The molecule has 0 aliphatic heterocycles. The zero-order valence-electron chi connectivity index (χ0n) is 14.5. The van der Waals surface area contributed by atoms with Gasteiger partial charge in [-0.2, -0.15) is 5.10 Å². The Morgan fingerprint density at radius 2 is 2.00 bits per heavy atom. The lowest BCUT2D eigenvalue weighted by Gasteiger charge is -2.20. The summed E-state index contributed by atoms with van der Waals surface area (Å²) in [4.78, 5) is 24.8. The van der Waals surface area contributed by atoms with E-state index in [9.17, 15) is 9.59 Å². The number of carbonyl (C=O) groups excluding carboxylic acids is 1. The summed E-state index contributed by atoms with van der Waals surface area (Å²) in [6.07, 6.45) is 2.81. The second-order valence-corrected chi connectivity index (χ2v) is 6.87. The van der Waals surface area contributed by atoms with E-state index in [1.807, 2.05) is 18.5 Å². The third kappa shape index (κ3) is 4.56. The summed E-state index contributed by atoms with van der Waals surface area (Å²) in [5.74, 6) is -0.490. The quantitative estimate of drug-likeness (QED) is 0.796. The summed E-state index contributed by atoms with van der Waals surface area (Å²) in [5, 5.41) is 13.5. The molecule has 1 aliphatic rings. The van der Waals surface area contributed by atoms with Crippen molar-refractivity contribution in [2.45, 2.75) is 66.0 Å². The second kappa shape index (κ2) is 7.15. The minimum atomic E-state index is -0.942. The van der Waals surface area contributed by atoms with E-state index < -0.39 is 5.97 Å². The molecule has 0 bridgehead atoms. The standard InChI is InChI=1S/C17H27N3O3/c1-11(2)9-20-13(4)15(12(3)18-20)7-8-16(21)19(10-17(22)23)14-5-6-14/h11,14H,5-10H2,1-4H3,(H,22,23). The van der Waals surface area contributed by atoms with E-state index in [4.69, 9.17) is 5.11 Å². The average molecular weight is 321 g/mol. The van der Waals surface area contributed by atoms with Crippen molar-refractivity contribution in [3.63, 3.8) is 0 Å². The van der Waals surface area contributed by atoms with Crippen LogP contribution in [0.25, 0.3) is 0 Å². The Morgan fingerprint density at radius 3 is 2.52 bits per heavy atom. The summed E-state index contributed by atoms with van der Waals surface area (Å²) in [6, 6.07) is 0.129. The van der Waals surface area contributed by atoms with E-state index >= 15 is 0 Å². The number of nitrogens with zero attached hydrogens (tertiary/aromatic N) is 3. The number of aromatic nitrogens is 2. The molecule has 0 saturated heterocycles. The number of hydrogen-bond donors (Lipinski definition) is 1. The summed E-state index contributed by atoms with van der Waals surface area (Å²) in [5.41, 5.74) is 3.19. The third-order valence-electron chi connectivity index (χ3n) is 4.27. The molecule has 1 amide bonds. The highest BCUT2D eigenvalue weighted by Crippen LogP contribution is 2.27. The van der Waals surface area contributed by atoms with Crippen LogP contribution in [-0.2, 0) is 22.6 Å². The molecule has 1 N–H and O–H groups in total. The van der Waals surface area contributed by atoms with Gasteiger partial charge in [0.05, 0.1) is 5.69 Å². The van der Waals surface area contributed by atoms with E-state index in [1.54, 1.807) is 0 Å². The smallest absolute Gasteiger partial charge is 0.323 e. The van der Waals surface area contributed by atoms with Gasteiger partial charge in [-0.05, 0) is 44.6 Å². The van der Waals surface area contributed by atoms with Gasteiger partial charge in [-0.3, -0.25) is 14.3 Å². The van der Waals surface area contributed by atoms with E-state index in [0.717, 1.165) is 36.3 Å². The summed E-state index contributed by atoms with van der Waals surface area (Å²) < 4.78 is 2.01. The predicted molar refractivity (Wildman–Crippen MR) is 87.2 cm³/mol. The van der Waals surface area contributed by atoms with Crippen molar-refractivity contribution in [2.75, 3.05) is 6.54 Å². The number of carboxylic acids is 1. The Labute approximate surface area is 137 Å². The molecule has 0 unspecified atom stereocenters. The minimum Gasteiger partial charge on any atom is -0.480 e. The van der Waals surface area contributed by atoms with Crippen LogP contribution >= 0.6 is 0 Å². The number of carboxylic acid groups (broad SMARTS) is 1.